The number of ether oxygens (including phenoxy) is 1. The van der Waals surface area contributed by atoms with Gasteiger partial charge in [-0.3, -0.25) is 0 Å². The highest BCUT2D eigenvalue weighted by Gasteiger charge is 2.01. The van der Waals surface area contributed by atoms with Crippen LogP contribution in [0.3, 0.4) is 0 Å². The second-order valence-electron chi connectivity index (χ2n) is 3.30. The molecule has 4 heteroatoms. The van der Waals surface area contributed by atoms with Crippen molar-refractivity contribution < 1.29 is 9.53 Å². The number of carbonyl (C=O) groups excluding carboxylic acids is 1. The zero-order valence-electron chi connectivity index (χ0n) is 9.56. The number of methoxy groups -OCH3 is 1. The molecule has 0 heterocycles. The SMILES string of the molecule is CC/C(Cc1ccccc1)=N\NC(=O)OC. The summed E-state index contributed by atoms with van der Waals surface area (Å²) in [4.78, 5) is 10.8. The molecule has 1 aromatic carbocycles. The third-order valence-corrected chi connectivity index (χ3v) is 2.15. The predicted molar refractivity (Wildman–Crippen MR) is 63.4 cm³/mol. The molecule has 0 fully saturated rings. The van der Waals surface area contributed by atoms with Crippen molar-refractivity contribution >= 4 is 11.8 Å². The summed E-state index contributed by atoms with van der Waals surface area (Å²) >= 11 is 0. The van der Waals surface area contributed by atoms with Gasteiger partial charge in [-0.25, -0.2) is 10.2 Å². The average Bonchev–Trinajstić information content (AvgIpc) is 2.35. The van der Waals surface area contributed by atoms with E-state index >= 15 is 0 Å². The van der Waals surface area contributed by atoms with E-state index in [1.54, 1.807) is 0 Å². The lowest BCUT2D eigenvalue weighted by Gasteiger charge is -2.04. The number of amides is 1. The highest BCUT2D eigenvalue weighted by atomic mass is 16.5. The maximum absolute atomic E-state index is 10.8. The third-order valence-electron chi connectivity index (χ3n) is 2.15. The van der Waals surface area contributed by atoms with E-state index in [-0.39, 0.29) is 0 Å². The van der Waals surface area contributed by atoms with Gasteiger partial charge in [0.15, 0.2) is 0 Å². The van der Waals surface area contributed by atoms with Crippen molar-refractivity contribution in [3.63, 3.8) is 0 Å². The first-order valence-electron chi connectivity index (χ1n) is 5.19. The minimum atomic E-state index is -0.543. The molecule has 0 aliphatic heterocycles. The molecule has 4 nitrogen and oxygen atoms in total. The van der Waals surface area contributed by atoms with Crippen LogP contribution in [0.15, 0.2) is 35.4 Å². The van der Waals surface area contributed by atoms with Gasteiger partial charge in [-0.05, 0) is 12.0 Å². The number of hydrogen-bond donors (Lipinski definition) is 1. The lowest BCUT2D eigenvalue weighted by molar-refractivity contribution is 0.171. The summed E-state index contributed by atoms with van der Waals surface area (Å²) < 4.78 is 4.44. The van der Waals surface area contributed by atoms with E-state index in [9.17, 15) is 4.79 Å². The summed E-state index contributed by atoms with van der Waals surface area (Å²) in [5, 5.41) is 4.00. The minimum absolute atomic E-state index is 0.543. The highest BCUT2D eigenvalue weighted by molar-refractivity contribution is 5.87. The van der Waals surface area contributed by atoms with Crippen LogP contribution in [0.2, 0.25) is 0 Å². The molecule has 0 saturated carbocycles. The molecule has 0 aliphatic rings. The van der Waals surface area contributed by atoms with Crippen molar-refractivity contribution in [3.8, 4) is 0 Å². The predicted octanol–water partition coefficient (Wildman–Crippen LogP) is 2.35. The van der Waals surface area contributed by atoms with Crippen LogP contribution in [-0.4, -0.2) is 18.9 Å². The largest absolute Gasteiger partial charge is 0.452 e. The van der Waals surface area contributed by atoms with Crippen LogP contribution in [0.25, 0.3) is 0 Å². The van der Waals surface area contributed by atoms with Gasteiger partial charge >= 0.3 is 6.09 Å². The number of benzene rings is 1. The average molecular weight is 220 g/mol. The van der Waals surface area contributed by atoms with Crippen molar-refractivity contribution in [1.82, 2.24) is 5.43 Å². The standard InChI is InChI=1S/C12H16N2O2/c1-3-11(13-14-12(15)16-2)9-10-7-5-4-6-8-10/h4-8H,3,9H2,1-2H3,(H,14,15)/b13-11+. The van der Waals surface area contributed by atoms with Gasteiger partial charge in [-0.1, -0.05) is 37.3 Å². The molecule has 0 unspecified atom stereocenters. The van der Waals surface area contributed by atoms with E-state index in [0.29, 0.717) is 0 Å². The summed E-state index contributed by atoms with van der Waals surface area (Å²) in [6.45, 7) is 2.00. The minimum Gasteiger partial charge on any atom is -0.452 e. The number of hydrazone groups is 1. The first-order valence-corrected chi connectivity index (χ1v) is 5.19. The van der Waals surface area contributed by atoms with Crippen LogP contribution in [0.4, 0.5) is 4.79 Å². The van der Waals surface area contributed by atoms with Crippen molar-refractivity contribution in [2.45, 2.75) is 19.8 Å². The Labute approximate surface area is 95.3 Å². The van der Waals surface area contributed by atoms with Crippen LogP contribution < -0.4 is 5.43 Å². The normalized spacial score (nSPS) is 11.0. The molecule has 0 atom stereocenters. The molecule has 0 aliphatic carbocycles. The zero-order valence-corrected chi connectivity index (χ0v) is 9.56. The fourth-order valence-electron chi connectivity index (χ4n) is 1.25. The van der Waals surface area contributed by atoms with Crippen LogP contribution in [0, 0.1) is 0 Å². The summed E-state index contributed by atoms with van der Waals surface area (Å²) in [7, 11) is 1.31. The monoisotopic (exact) mass is 220 g/mol. The Morgan fingerprint density at radius 2 is 2.06 bits per heavy atom. The van der Waals surface area contributed by atoms with Crippen molar-refractivity contribution in [1.29, 1.82) is 0 Å². The second-order valence-corrected chi connectivity index (χ2v) is 3.30. The van der Waals surface area contributed by atoms with Gasteiger partial charge in [-0.15, -0.1) is 0 Å². The van der Waals surface area contributed by atoms with Gasteiger partial charge < -0.3 is 4.74 Å². The zero-order chi connectivity index (χ0) is 11.8. The van der Waals surface area contributed by atoms with E-state index in [0.717, 1.165) is 18.6 Å². The first-order chi connectivity index (χ1) is 7.76. The molecule has 1 N–H and O–H groups in total. The lowest BCUT2D eigenvalue weighted by Crippen LogP contribution is -2.19. The lowest BCUT2D eigenvalue weighted by atomic mass is 10.1. The molecule has 0 bridgehead atoms. The number of carbonyl (C=O) groups is 1. The van der Waals surface area contributed by atoms with Gasteiger partial charge in [0.25, 0.3) is 0 Å². The molecular weight excluding hydrogens is 204 g/mol. The maximum atomic E-state index is 10.8. The number of hydrogen-bond acceptors (Lipinski definition) is 3. The van der Waals surface area contributed by atoms with Crippen LogP contribution >= 0.6 is 0 Å². The van der Waals surface area contributed by atoms with E-state index in [1.165, 1.54) is 12.7 Å². The van der Waals surface area contributed by atoms with Crippen LogP contribution in [0.5, 0.6) is 0 Å². The Balaban J connectivity index is 2.58. The Kier molecular flexibility index (Phi) is 5.05. The maximum Gasteiger partial charge on any atom is 0.427 e. The quantitative estimate of drug-likeness (QED) is 0.625. The van der Waals surface area contributed by atoms with Gasteiger partial charge in [0.1, 0.15) is 0 Å². The Morgan fingerprint density at radius 3 is 2.62 bits per heavy atom. The Bertz CT molecular complexity index is 361. The van der Waals surface area contributed by atoms with E-state index in [2.05, 4.69) is 15.3 Å². The van der Waals surface area contributed by atoms with Gasteiger partial charge in [0.05, 0.1) is 7.11 Å². The van der Waals surface area contributed by atoms with Crippen LogP contribution in [0.1, 0.15) is 18.9 Å². The Morgan fingerprint density at radius 1 is 1.38 bits per heavy atom. The van der Waals surface area contributed by atoms with Gasteiger partial charge in [0, 0.05) is 12.1 Å². The van der Waals surface area contributed by atoms with Crippen molar-refractivity contribution in [3.05, 3.63) is 35.9 Å². The van der Waals surface area contributed by atoms with Crippen molar-refractivity contribution in [2.24, 2.45) is 5.10 Å². The molecule has 0 saturated heterocycles. The number of nitrogens with zero attached hydrogens (tertiary/aromatic N) is 1. The first kappa shape index (κ1) is 12.2. The molecule has 1 aromatic rings. The third kappa shape index (κ3) is 4.13. The summed E-state index contributed by atoms with van der Waals surface area (Å²) in [6, 6.07) is 10.00. The van der Waals surface area contributed by atoms with Crippen LogP contribution in [-0.2, 0) is 11.2 Å². The van der Waals surface area contributed by atoms with Gasteiger partial charge in [-0.2, -0.15) is 5.10 Å². The molecule has 1 amide bonds. The van der Waals surface area contributed by atoms with E-state index in [1.807, 2.05) is 37.3 Å². The summed E-state index contributed by atoms with van der Waals surface area (Å²) in [5.74, 6) is 0. The molecule has 0 spiro atoms. The molecule has 16 heavy (non-hydrogen) atoms. The second kappa shape index (κ2) is 6.61. The fourth-order valence-corrected chi connectivity index (χ4v) is 1.25. The fraction of sp³-hybridized carbons (Fsp3) is 0.333. The highest BCUT2D eigenvalue weighted by Crippen LogP contribution is 2.02. The summed E-state index contributed by atoms with van der Waals surface area (Å²) in [5.41, 5.74) is 4.42. The molecule has 0 radical (unpaired) electrons. The molecule has 86 valence electrons. The molecule has 0 aromatic heterocycles. The van der Waals surface area contributed by atoms with Crippen molar-refractivity contribution in [2.75, 3.05) is 7.11 Å². The smallest absolute Gasteiger partial charge is 0.427 e. The van der Waals surface area contributed by atoms with E-state index in [4.69, 9.17) is 0 Å². The Hall–Kier alpha value is -1.84. The number of nitrogens with one attached hydrogen (secondary N) is 1. The molecule has 1 rings (SSSR count). The summed E-state index contributed by atoms with van der Waals surface area (Å²) in [6.07, 6.45) is 0.985. The number of rotatable bonds is 4. The van der Waals surface area contributed by atoms with Gasteiger partial charge in [0.2, 0.25) is 0 Å². The topological polar surface area (TPSA) is 50.7 Å². The van der Waals surface area contributed by atoms with E-state index < -0.39 is 6.09 Å². The molecular formula is C12H16N2O2.